The fourth-order valence-corrected chi connectivity index (χ4v) is 4.53. The molecule has 0 spiro atoms. The lowest BCUT2D eigenvalue weighted by atomic mass is 10.1. The van der Waals surface area contributed by atoms with E-state index in [0.29, 0.717) is 6.54 Å². The molecule has 1 aromatic rings. The number of hydrogen-bond donors (Lipinski definition) is 2. The summed E-state index contributed by atoms with van der Waals surface area (Å²) in [5.74, 6) is -1.65. The lowest BCUT2D eigenvalue weighted by molar-refractivity contribution is -0.123. The van der Waals surface area contributed by atoms with Crippen molar-refractivity contribution in [2.24, 2.45) is 0 Å². The Morgan fingerprint density at radius 3 is 2.67 bits per heavy atom. The first-order chi connectivity index (χ1) is 12.8. The molecule has 2 rings (SSSR count). The van der Waals surface area contributed by atoms with Crippen LogP contribution in [-0.2, 0) is 19.6 Å². The van der Waals surface area contributed by atoms with Gasteiger partial charge in [-0.15, -0.1) is 0 Å². The molecule has 3 amide bonds. The van der Waals surface area contributed by atoms with Crippen LogP contribution >= 0.6 is 0 Å². The maximum atomic E-state index is 12.9. The molecule has 0 radical (unpaired) electrons. The van der Waals surface area contributed by atoms with E-state index in [9.17, 15) is 22.8 Å². The van der Waals surface area contributed by atoms with Crippen LogP contribution in [0.1, 0.15) is 36.5 Å². The van der Waals surface area contributed by atoms with Crippen molar-refractivity contribution >= 4 is 27.9 Å². The van der Waals surface area contributed by atoms with Gasteiger partial charge in [0.1, 0.15) is 0 Å². The number of benzene rings is 1. The number of esters is 1. The summed E-state index contributed by atoms with van der Waals surface area (Å²) in [6.45, 7) is 1.64. The number of hydrogen-bond acceptors (Lipinski definition) is 6. The van der Waals surface area contributed by atoms with Crippen molar-refractivity contribution in [2.45, 2.75) is 37.1 Å². The molecular weight excluding hydrogens is 374 g/mol. The largest absolute Gasteiger partial charge is 0.452 e. The highest BCUT2D eigenvalue weighted by molar-refractivity contribution is 7.89. The van der Waals surface area contributed by atoms with Crippen LogP contribution in [0.4, 0.5) is 4.79 Å². The molecule has 148 valence electrons. The minimum atomic E-state index is -3.72. The van der Waals surface area contributed by atoms with Crippen molar-refractivity contribution < 1.29 is 27.5 Å². The minimum Gasteiger partial charge on any atom is -0.452 e. The standard InChI is InChI=1S/C17H23N3O6S/c1-12-6-3-4-9-20(12)27(24,25)14-8-5-7-13(10-14)16(22)26-11-15(21)19-17(23)18-2/h5,7-8,10,12H,3-4,6,9,11H2,1-2H3,(H2,18,19,21,23)/t12-/m0/s1. The summed E-state index contributed by atoms with van der Waals surface area (Å²) >= 11 is 0. The van der Waals surface area contributed by atoms with Crippen molar-refractivity contribution in [3.8, 4) is 0 Å². The molecule has 2 N–H and O–H groups in total. The average Bonchev–Trinajstić information content (AvgIpc) is 2.66. The number of ether oxygens (including phenoxy) is 1. The zero-order valence-electron chi connectivity index (χ0n) is 15.2. The Kier molecular flexibility index (Phi) is 6.92. The van der Waals surface area contributed by atoms with E-state index in [1.807, 2.05) is 12.2 Å². The van der Waals surface area contributed by atoms with Gasteiger partial charge in [0.25, 0.3) is 5.91 Å². The lowest BCUT2D eigenvalue weighted by Gasteiger charge is -2.32. The number of imide groups is 1. The van der Waals surface area contributed by atoms with Crippen LogP contribution in [0.3, 0.4) is 0 Å². The van der Waals surface area contributed by atoms with E-state index in [1.165, 1.54) is 35.6 Å². The number of carbonyl (C=O) groups excluding carboxylic acids is 3. The molecule has 0 unspecified atom stereocenters. The summed E-state index contributed by atoms with van der Waals surface area (Å²) in [7, 11) is -2.39. The number of carbonyl (C=O) groups is 3. The molecule has 1 heterocycles. The van der Waals surface area contributed by atoms with Gasteiger partial charge in [0.2, 0.25) is 10.0 Å². The summed E-state index contributed by atoms with van der Waals surface area (Å²) < 4.78 is 32.0. The lowest BCUT2D eigenvalue weighted by Crippen LogP contribution is -2.42. The van der Waals surface area contributed by atoms with E-state index in [4.69, 9.17) is 4.74 Å². The molecule has 1 aliphatic rings. The number of sulfonamides is 1. The quantitative estimate of drug-likeness (QED) is 0.711. The van der Waals surface area contributed by atoms with Gasteiger partial charge in [-0.2, -0.15) is 4.31 Å². The second kappa shape index (κ2) is 8.96. The fourth-order valence-electron chi connectivity index (χ4n) is 2.79. The van der Waals surface area contributed by atoms with Gasteiger partial charge < -0.3 is 10.1 Å². The smallest absolute Gasteiger partial charge is 0.338 e. The number of nitrogens with one attached hydrogen (secondary N) is 2. The Morgan fingerprint density at radius 1 is 1.26 bits per heavy atom. The van der Waals surface area contributed by atoms with E-state index in [0.717, 1.165) is 19.3 Å². The first-order valence-electron chi connectivity index (χ1n) is 8.56. The normalized spacial score (nSPS) is 17.8. The highest BCUT2D eigenvalue weighted by Gasteiger charge is 2.31. The molecule has 10 heteroatoms. The van der Waals surface area contributed by atoms with E-state index in [2.05, 4.69) is 5.32 Å². The minimum absolute atomic E-state index is 0.000474. The summed E-state index contributed by atoms with van der Waals surface area (Å²) in [6.07, 6.45) is 2.57. The number of urea groups is 1. The zero-order chi connectivity index (χ0) is 20.0. The van der Waals surface area contributed by atoms with E-state index < -0.39 is 34.5 Å². The zero-order valence-corrected chi connectivity index (χ0v) is 16.0. The molecule has 1 saturated heterocycles. The first-order valence-corrected chi connectivity index (χ1v) is 10.0. The Labute approximate surface area is 158 Å². The maximum Gasteiger partial charge on any atom is 0.338 e. The molecule has 0 saturated carbocycles. The monoisotopic (exact) mass is 397 g/mol. The van der Waals surface area contributed by atoms with Gasteiger partial charge in [0.15, 0.2) is 6.61 Å². The summed E-state index contributed by atoms with van der Waals surface area (Å²) in [5.41, 5.74) is 0.00785. The van der Waals surface area contributed by atoms with Crippen LogP contribution in [0.15, 0.2) is 29.2 Å². The van der Waals surface area contributed by atoms with Gasteiger partial charge in [-0.1, -0.05) is 12.5 Å². The Balaban J connectivity index is 2.09. The molecule has 1 atom stereocenters. The van der Waals surface area contributed by atoms with Crippen LogP contribution in [0.5, 0.6) is 0 Å². The maximum absolute atomic E-state index is 12.9. The number of rotatable bonds is 5. The van der Waals surface area contributed by atoms with Crippen molar-refractivity contribution in [3.05, 3.63) is 29.8 Å². The summed E-state index contributed by atoms with van der Waals surface area (Å²) in [4.78, 5) is 34.6. The highest BCUT2D eigenvalue weighted by atomic mass is 32.2. The van der Waals surface area contributed by atoms with Crippen LogP contribution in [0, 0.1) is 0 Å². The number of nitrogens with zero attached hydrogens (tertiary/aromatic N) is 1. The molecule has 0 aromatic heterocycles. The van der Waals surface area contributed by atoms with Gasteiger partial charge in [-0.3, -0.25) is 10.1 Å². The third-order valence-electron chi connectivity index (χ3n) is 4.23. The molecule has 1 aliphatic heterocycles. The highest BCUT2D eigenvalue weighted by Crippen LogP contribution is 2.25. The Bertz CT molecular complexity index is 824. The fraction of sp³-hybridized carbons (Fsp3) is 0.471. The predicted octanol–water partition coefficient (Wildman–Crippen LogP) is 0.862. The van der Waals surface area contributed by atoms with E-state index in [-0.39, 0.29) is 16.5 Å². The van der Waals surface area contributed by atoms with E-state index in [1.54, 1.807) is 0 Å². The molecule has 1 aromatic carbocycles. The van der Waals surface area contributed by atoms with Crippen molar-refractivity contribution in [3.63, 3.8) is 0 Å². The third-order valence-corrected chi connectivity index (χ3v) is 6.24. The average molecular weight is 397 g/mol. The Hall–Kier alpha value is -2.46. The van der Waals surface area contributed by atoms with E-state index >= 15 is 0 Å². The van der Waals surface area contributed by atoms with Gasteiger partial charge in [0.05, 0.1) is 10.5 Å². The molecule has 1 fully saturated rings. The van der Waals surface area contributed by atoms with Crippen molar-refractivity contribution in [1.29, 1.82) is 0 Å². The van der Waals surface area contributed by atoms with Gasteiger partial charge >= 0.3 is 12.0 Å². The van der Waals surface area contributed by atoms with Gasteiger partial charge in [-0.25, -0.2) is 18.0 Å². The number of amides is 3. The first kappa shape index (κ1) is 20.8. The summed E-state index contributed by atoms with van der Waals surface area (Å²) in [5, 5.41) is 4.14. The topological polar surface area (TPSA) is 122 Å². The van der Waals surface area contributed by atoms with Crippen LogP contribution in [0.2, 0.25) is 0 Å². The third kappa shape index (κ3) is 5.27. The molecule has 0 bridgehead atoms. The van der Waals surface area contributed by atoms with Crippen molar-refractivity contribution in [2.75, 3.05) is 20.2 Å². The number of piperidine rings is 1. The van der Waals surface area contributed by atoms with Crippen LogP contribution in [0.25, 0.3) is 0 Å². The predicted molar refractivity (Wildman–Crippen MR) is 96.5 cm³/mol. The molecular formula is C17H23N3O6S. The molecule has 27 heavy (non-hydrogen) atoms. The van der Waals surface area contributed by atoms with Gasteiger partial charge in [-0.05, 0) is 38.0 Å². The second-order valence-electron chi connectivity index (χ2n) is 6.19. The Morgan fingerprint density at radius 2 is 2.00 bits per heavy atom. The second-order valence-corrected chi connectivity index (χ2v) is 8.08. The molecule has 0 aliphatic carbocycles. The molecule has 9 nitrogen and oxygen atoms in total. The van der Waals surface area contributed by atoms with Crippen LogP contribution in [-0.4, -0.2) is 56.9 Å². The summed E-state index contributed by atoms with van der Waals surface area (Å²) in [6, 6.07) is 4.68. The SMILES string of the molecule is CNC(=O)NC(=O)COC(=O)c1cccc(S(=O)(=O)N2CCCC[C@@H]2C)c1. The van der Waals surface area contributed by atoms with Gasteiger partial charge in [0, 0.05) is 19.6 Å². The van der Waals surface area contributed by atoms with Crippen molar-refractivity contribution in [1.82, 2.24) is 14.9 Å². The van der Waals surface area contributed by atoms with Crippen LogP contribution < -0.4 is 10.6 Å².